The molecule has 121 heavy (non-hydrogen) atoms. The van der Waals surface area contributed by atoms with Crippen LogP contribution in [-0.4, -0.2) is 64.7 Å². The zero-order valence-electron chi connectivity index (χ0n) is 61.1. The number of hydrogen-bond donors (Lipinski definition) is 0. The summed E-state index contributed by atoms with van der Waals surface area (Å²) in [6.07, 6.45) is 15.9. The second-order valence-corrected chi connectivity index (χ2v) is 24.5. The molecule has 0 saturated heterocycles. The Bertz CT molecular complexity index is 7520. The van der Waals surface area contributed by atoms with E-state index < -0.39 is 10.6 Å². The van der Waals surface area contributed by atoms with Crippen LogP contribution in [-0.2, 0) is 0 Å². The average Bonchev–Trinajstić information content (AvgIpc) is 0.734. The summed E-state index contributed by atoms with van der Waals surface area (Å²) in [5, 5.41) is 100. The lowest BCUT2D eigenvalue weighted by Crippen LogP contribution is -2.05. The first-order chi connectivity index (χ1) is 59.0. The predicted molar refractivity (Wildman–Crippen MR) is 441 cm³/mol. The average molecular weight is 1550 g/mol. The van der Waals surface area contributed by atoms with E-state index in [2.05, 4.69) is 38.8 Å². The van der Waals surface area contributed by atoms with Crippen LogP contribution in [0.25, 0.3) is 209 Å². The molecule has 0 amide bonds. The summed E-state index contributed by atoms with van der Waals surface area (Å²) in [5.74, 6) is 0. The van der Waals surface area contributed by atoms with E-state index in [-0.39, 0.29) is 230 Å². The highest BCUT2D eigenvalue weighted by atomic mass is 16.6. The molecule has 14 aromatic rings. The minimum absolute atomic E-state index is 0.00749. The summed E-state index contributed by atoms with van der Waals surface area (Å²) in [6, 6.07) is 43.3. The Hall–Kier alpha value is -21.0. The maximum absolute atomic E-state index is 12.5. The van der Waals surface area contributed by atoms with E-state index in [1.54, 1.807) is 24.3 Å². The monoisotopic (exact) mass is 1550 g/mol. The summed E-state index contributed by atoms with van der Waals surface area (Å²) < 4.78 is 0. The molecular formula is C89H30N30O2. The topological polar surface area (TPSA) is 447 Å². The second-order valence-electron chi connectivity index (χ2n) is 24.5. The number of nitriles is 9. The summed E-state index contributed by atoms with van der Waals surface area (Å²) in [7, 11) is 0. The van der Waals surface area contributed by atoms with Crippen molar-refractivity contribution in [3.05, 3.63) is 315 Å². The normalized spacial score (nSPS) is 10.7. The minimum atomic E-state index is -0.737. The van der Waals surface area contributed by atoms with Crippen molar-refractivity contribution in [2.24, 2.45) is 0 Å². The molecule has 0 fully saturated rings. The Morgan fingerprint density at radius 2 is 0.512 bits per heavy atom. The molecule has 0 atom stereocenters. The van der Waals surface area contributed by atoms with Crippen LogP contribution in [0.4, 0.5) is 34.1 Å². The molecule has 6 aromatic heterocycles. The molecule has 14 rings (SSSR count). The number of nitro groups is 1. The minimum Gasteiger partial charge on any atom is -0.258 e. The van der Waals surface area contributed by atoms with Gasteiger partial charge in [0.15, 0.2) is 41.3 Å². The number of allylic oxidation sites excluding steroid dienone is 3. The molecule has 0 radical (unpaired) electrons. The number of benzene rings is 8. The Morgan fingerprint density at radius 3 is 0.777 bits per heavy atom. The highest BCUT2D eigenvalue weighted by Gasteiger charge is 2.30. The van der Waals surface area contributed by atoms with Crippen LogP contribution in [0.3, 0.4) is 0 Å². The number of rotatable bonds is 13. The van der Waals surface area contributed by atoms with Gasteiger partial charge in [0.05, 0.1) is 178 Å². The third kappa shape index (κ3) is 14.8. The molecular weight excluding hydrogens is 1520 g/mol. The van der Waals surface area contributed by atoms with Gasteiger partial charge in [-0.05, 0) is 84.0 Å². The largest absolute Gasteiger partial charge is 0.287 e. The van der Waals surface area contributed by atoms with Gasteiger partial charge in [-0.3, -0.25) is 29.5 Å². The molecule has 0 saturated carbocycles. The lowest BCUT2D eigenvalue weighted by atomic mass is 9.97. The van der Waals surface area contributed by atoms with E-state index >= 15 is 0 Å². The lowest BCUT2D eigenvalue weighted by Gasteiger charge is -2.18. The van der Waals surface area contributed by atoms with Gasteiger partial charge in [-0.1, -0.05) is 66.7 Å². The van der Waals surface area contributed by atoms with Gasteiger partial charge in [-0.2, -0.15) is 47.4 Å². The van der Waals surface area contributed by atoms with Crippen LogP contribution in [0.1, 0.15) is 67.5 Å². The van der Waals surface area contributed by atoms with Crippen LogP contribution in [0, 0.1) is 165 Å². The maximum atomic E-state index is 12.5. The van der Waals surface area contributed by atoms with Crippen LogP contribution < -0.4 is 0 Å². The maximum Gasteiger partial charge on any atom is 0.287 e. The van der Waals surface area contributed by atoms with Gasteiger partial charge in [0.1, 0.15) is 102 Å². The Labute approximate surface area is 682 Å². The van der Waals surface area contributed by atoms with E-state index in [0.29, 0.717) is 0 Å². The molecule has 0 N–H and O–H groups in total. The first kappa shape index (κ1) is 78.1. The molecule has 0 spiro atoms. The fraction of sp³-hybridized carbons (Fsp3) is 0. The number of fused-ring (bicyclic) bond motifs is 12. The van der Waals surface area contributed by atoms with Gasteiger partial charge >= 0.3 is 0 Å². The zero-order chi connectivity index (χ0) is 85.5. The molecule has 0 aliphatic heterocycles. The molecule has 0 bridgehead atoms. The first-order valence-corrected chi connectivity index (χ1v) is 34.2. The van der Waals surface area contributed by atoms with Crippen molar-refractivity contribution in [3.63, 3.8) is 0 Å². The van der Waals surface area contributed by atoms with Gasteiger partial charge < -0.3 is 0 Å². The van der Waals surface area contributed by atoms with E-state index in [0.717, 1.165) is 6.07 Å². The van der Waals surface area contributed by atoms with E-state index in [9.17, 15) is 41.7 Å². The fourth-order valence-corrected chi connectivity index (χ4v) is 12.6. The number of nitrogens with zero attached hydrogens (tertiary/aromatic N) is 30. The van der Waals surface area contributed by atoms with Crippen molar-refractivity contribution in [2.45, 2.75) is 0 Å². The molecule has 8 aromatic carbocycles. The van der Waals surface area contributed by atoms with Crippen molar-refractivity contribution in [2.75, 3.05) is 0 Å². The summed E-state index contributed by atoms with van der Waals surface area (Å²) in [4.78, 5) is 98.8. The van der Waals surface area contributed by atoms with E-state index in [4.69, 9.17) is 128 Å². The van der Waals surface area contributed by atoms with Crippen molar-refractivity contribution >= 4 is 137 Å². The SMILES string of the molecule is [C-]#[N+]/C=C/c1nc2c(nc1/C=C/C#N)c1nc(/C=C/C#N)c(/C=C/C#N)nc1c1nc(/C=C/[N+]#[C-])c(/C=C/[N+]#[C-])nc21.[C-]#[N+]c1ccc(-c2nc3c(nc2-c2ccc([N+]#[C-])c([N+]#[C-])c2)c2nc(-c4ccc([N+]#[C-])c([N+]#[C-])c4)c(-c4ccc(C#N)c(C#N)c4)nc2c2nc(-c4ccc(C#N)c(C#N)c4)c(-c4ccc(C#N)c([N+](=O)[O-])c4)nc23)cc1C#N. The number of nitro benzene ring substituents is 1. The van der Waals surface area contributed by atoms with Crippen molar-refractivity contribution in [1.29, 1.82) is 47.4 Å². The highest BCUT2D eigenvalue weighted by Crippen LogP contribution is 2.46. The third-order valence-corrected chi connectivity index (χ3v) is 17.9. The van der Waals surface area contributed by atoms with Crippen LogP contribution >= 0.6 is 0 Å². The second kappa shape index (κ2) is 34.1. The summed E-state index contributed by atoms with van der Waals surface area (Å²) in [5.41, 5.74) is 3.64. The Morgan fingerprint density at radius 1 is 0.273 bits per heavy atom. The summed E-state index contributed by atoms with van der Waals surface area (Å²) in [6.45, 7) is 60.6. The molecule has 548 valence electrons. The van der Waals surface area contributed by atoms with Crippen LogP contribution in [0.15, 0.2) is 146 Å². The lowest BCUT2D eigenvalue weighted by molar-refractivity contribution is -0.385. The molecule has 6 heterocycles. The quantitative estimate of drug-likeness (QED) is 0.0340. The number of aromatic nitrogens is 12. The van der Waals surface area contributed by atoms with Gasteiger partial charge in [0.2, 0.25) is 5.69 Å². The number of hydrogen-bond acceptors (Lipinski definition) is 23. The Balaban J connectivity index is 0.000000253. The third-order valence-electron chi connectivity index (χ3n) is 17.9. The predicted octanol–water partition coefficient (Wildman–Crippen LogP) is 19.2. The van der Waals surface area contributed by atoms with Gasteiger partial charge in [0, 0.05) is 46.5 Å². The molecule has 32 nitrogen and oxygen atoms in total. The van der Waals surface area contributed by atoms with Crippen molar-refractivity contribution < 1.29 is 4.92 Å². The standard InChI is InChI=1S/C59H18N18O2.C30H12N12/c1-66-42-15-12-32(20-41(42)29-65)50-52(34-14-17-44(68-3)46(22-34)70-5)75-58-56(73-50)59-55(72-49(31-7-10-37(25-61)40(19-31)28-64)53(76-59)35-8-11-38(26-62)47(23-35)77(78)79)54-57(58)74-51(33-13-16-43(67-2)45(21-33)69-4)48(71-54)30-6-9-36(24-60)39(18-30)27-63;1-34-16-10-22-21(9-6-15-33)39-27-25-26(38-20(8-5-14-32)19(37-25)7-4-13-31)29-30(28(27)40-22)42-24(12-18-36-3)23(41-29)11-17-35-2/h6-23H;4-12,16-18H/b;7-4+,8-5+,9-6+,16-10+,17-11+,18-12+. The van der Waals surface area contributed by atoms with Crippen molar-refractivity contribution in [3.8, 4) is 122 Å². The fourth-order valence-electron chi connectivity index (χ4n) is 12.6. The van der Waals surface area contributed by atoms with Crippen LogP contribution in [0.2, 0.25) is 0 Å². The van der Waals surface area contributed by atoms with Gasteiger partial charge in [0.25, 0.3) is 5.69 Å². The van der Waals surface area contributed by atoms with E-state index in [1.807, 2.05) is 54.6 Å². The van der Waals surface area contributed by atoms with Gasteiger partial charge in [-0.15, -0.1) is 0 Å². The first-order valence-electron chi connectivity index (χ1n) is 34.2. The highest BCUT2D eigenvalue weighted by molar-refractivity contribution is 6.21. The van der Waals surface area contributed by atoms with E-state index in [1.165, 1.54) is 152 Å². The van der Waals surface area contributed by atoms with Gasteiger partial charge in [-0.25, -0.2) is 79.2 Å². The molecule has 0 unspecified atom stereocenters. The van der Waals surface area contributed by atoms with Crippen molar-refractivity contribution in [1.82, 2.24) is 59.8 Å². The van der Waals surface area contributed by atoms with Crippen LogP contribution in [0.5, 0.6) is 0 Å². The Kier molecular flexibility index (Phi) is 22.0. The summed E-state index contributed by atoms with van der Waals surface area (Å²) >= 11 is 0. The molecule has 32 heteroatoms. The smallest absolute Gasteiger partial charge is 0.258 e. The molecule has 0 aliphatic carbocycles. The zero-order valence-corrected chi connectivity index (χ0v) is 61.1. The molecule has 0 aliphatic rings.